The Morgan fingerprint density at radius 3 is 1.92 bits per heavy atom. The van der Waals surface area contributed by atoms with Gasteiger partial charge in [-0.1, -0.05) is 90.0 Å². The van der Waals surface area contributed by atoms with Crippen LogP contribution in [0.5, 0.6) is 0 Å². The molecular weight excluding hydrogens is 492 g/mol. The first-order chi connectivity index (χ1) is 18.3. The molecule has 0 aliphatic carbocycles. The highest BCUT2D eigenvalue weighted by molar-refractivity contribution is 6.30. The number of nitrogens with one attached hydrogen (secondary N) is 2. The van der Waals surface area contributed by atoms with Gasteiger partial charge in [-0.15, -0.1) is 0 Å². The van der Waals surface area contributed by atoms with E-state index in [1.165, 1.54) is 70.0 Å². The zero-order chi connectivity index (χ0) is 27.8. The van der Waals surface area contributed by atoms with Gasteiger partial charge in [0.05, 0.1) is 13.3 Å². The third kappa shape index (κ3) is 12.7. The van der Waals surface area contributed by atoms with Gasteiger partial charge >= 0.3 is 0 Å². The first-order valence-electron chi connectivity index (χ1n) is 15.6. The number of hydrogen-bond acceptors (Lipinski definition) is 5. The summed E-state index contributed by atoms with van der Waals surface area (Å²) in [5.41, 5.74) is 1.26. The third-order valence-corrected chi connectivity index (χ3v) is 8.64. The van der Waals surface area contributed by atoms with Gasteiger partial charge in [0.25, 0.3) is 0 Å². The van der Waals surface area contributed by atoms with E-state index in [1.54, 1.807) is 0 Å². The molecule has 0 amide bonds. The van der Waals surface area contributed by atoms with Gasteiger partial charge in [0.1, 0.15) is 0 Å². The van der Waals surface area contributed by atoms with Gasteiger partial charge in [0, 0.05) is 55.9 Å². The zero-order valence-electron chi connectivity index (χ0n) is 25.3. The molecule has 0 spiro atoms. The molecule has 6 heteroatoms. The smallest absolute Gasteiger partial charge is 0.0587 e. The van der Waals surface area contributed by atoms with E-state index in [4.69, 9.17) is 11.6 Å². The molecule has 0 aromatic heterocycles. The molecule has 0 saturated carbocycles. The topological polar surface area (TPSA) is 50.8 Å². The average Bonchev–Trinajstić information content (AvgIpc) is 2.91. The Kier molecular flexibility index (Phi) is 16.4. The fourth-order valence-electron chi connectivity index (χ4n) is 6.09. The summed E-state index contributed by atoms with van der Waals surface area (Å²) < 4.78 is 0. The normalized spacial score (nSPS) is 21.4. The van der Waals surface area contributed by atoms with E-state index in [9.17, 15) is 5.11 Å². The Hall–Kier alpha value is -0.690. The summed E-state index contributed by atoms with van der Waals surface area (Å²) in [5.74, 6) is 1.59. The molecular formula is C32H59ClN4O. The molecule has 1 aliphatic rings. The van der Waals surface area contributed by atoms with Gasteiger partial charge < -0.3 is 15.7 Å². The summed E-state index contributed by atoms with van der Waals surface area (Å²) in [6, 6.07) is 7.99. The van der Waals surface area contributed by atoms with E-state index in [-0.39, 0.29) is 18.2 Å². The van der Waals surface area contributed by atoms with Crippen LogP contribution in [-0.2, 0) is 6.42 Å². The fourth-order valence-corrected chi connectivity index (χ4v) is 6.21. The molecule has 220 valence electrons. The molecule has 5 nitrogen and oxygen atoms in total. The van der Waals surface area contributed by atoms with Crippen LogP contribution in [0.15, 0.2) is 24.3 Å². The lowest BCUT2D eigenvalue weighted by atomic mass is 9.93. The van der Waals surface area contributed by atoms with E-state index in [0.717, 1.165) is 56.1 Å². The van der Waals surface area contributed by atoms with Crippen molar-refractivity contribution in [2.45, 2.75) is 104 Å². The van der Waals surface area contributed by atoms with Crippen molar-refractivity contribution in [1.82, 2.24) is 20.4 Å². The van der Waals surface area contributed by atoms with Crippen molar-refractivity contribution in [2.24, 2.45) is 11.8 Å². The van der Waals surface area contributed by atoms with Crippen LogP contribution in [0.3, 0.4) is 0 Å². The van der Waals surface area contributed by atoms with Gasteiger partial charge in [0.2, 0.25) is 0 Å². The Balaban J connectivity index is 1.95. The van der Waals surface area contributed by atoms with Crippen molar-refractivity contribution in [1.29, 1.82) is 0 Å². The number of rotatable bonds is 20. The molecule has 2 rings (SSSR count). The number of halogens is 1. The lowest BCUT2D eigenvalue weighted by Crippen LogP contribution is -2.65. The molecule has 1 aliphatic heterocycles. The molecule has 2 unspecified atom stereocenters. The zero-order valence-corrected chi connectivity index (χ0v) is 26.0. The molecule has 1 saturated heterocycles. The van der Waals surface area contributed by atoms with Crippen molar-refractivity contribution in [2.75, 3.05) is 52.5 Å². The maximum absolute atomic E-state index is 9.93. The Morgan fingerprint density at radius 1 is 0.895 bits per heavy atom. The minimum absolute atomic E-state index is 0.0536. The molecule has 3 atom stereocenters. The Morgan fingerprint density at radius 2 is 1.45 bits per heavy atom. The number of unbranched alkanes of at least 4 members (excludes halogenated alkanes) is 2. The quantitative estimate of drug-likeness (QED) is 0.169. The van der Waals surface area contributed by atoms with Crippen LogP contribution in [0.25, 0.3) is 0 Å². The van der Waals surface area contributed by atoms with Crippen molar-refractivity contribution < 1.29 is 5.11 Å². The van der Waals surface area contributed by atoms with Gasteiger partial charge in [0.15, 0.2) is 0 Å². The molecule has 1 heterocycles. The first-order valence-corrected chi connectivity index (χ1v) is 16.0. The van der Waals surface area contributed by atoms with Crippen LogP contribution in [0, 0.1) is 11.8 Å². The van der Waals surface area contributed by atoms with Crippen LogP contribution in [0.1, 0.15) is 91.5 Å². The standard InChI is InChI=1S/C32H59ClN4O/c1-6-10-12-27(8-3)21-36-24-32(5,25-37(26-36)22-28(9-4)13-11-7-2)35-19-18-34-31(23-38)20-29-14-16-30(33)17-15-29/h14-17,27-28,31,34-35,38H,6-13,18-26H2,1-5H3/t27?,28?,31-,32?/m0/s1. The number of hydrogen-bond donors (Lipinski definition) is 3. The van der Waals surface area contributed by atoms with E-state index in [2.05, 4.69) is 55.1 Å². The van der Waals surface area contributed by atoms with Crippen LogP contribution >= 0.6 is 11.6 Å². The van der Waals surface area contributed by atoms with Gasteiger partial charge in [-0.05, 0) is 55.7 Å². The monoisotopic (exact) mass is 550 g/mol. The number of aliphatic hydroxyl groups excluding tert-OH is 1. The molecule has 1 aromatic rings. The number of nitrogens with zero attached hydrogens (tertiary/aromatic N) is 2. The predicted octanol–water partition coefficient (Wildman–Crippen LogP) is 6.19. The molecule has 1 fully saturated rings. The molecule has 1 aromatic carbocycles. The lowest BCUT2D eigenvalue weighted by Gasteiger charge is -2.48. The highest BCUT2D eigenvalue weighted by Gasteiger charge is 2.35. The van der Waals surface area contributed by atoms with Gasteiger partial charge in [-0.25, -0.2) is 0 Å². The number of benzene rings is 1. The largest absolute Gasteiger partial charge is 0.395 e. The summed E-state index contributed by atoms with van der Waals surface area (Å²) in [7, 11) is 0. The minimum Gasteiger partial charge on any atom is -0.395 e. The summed E-state index contributed by atoms with van der Waals surface area (Å²) in [5, 5.41) is 18.2. The van der Waals surface area contributed by atoms with E-state index < -0.39 is 0 Å². The fraction of sp³-hybridized carbons (Fsp3) is 0.812. The van der Waals surface area contributed by atoms with Gasteiger partial charge in [-0.2, -0.15) is 0 Å². The SMILES string of the molecule is CCCCC(CC)CN1CN(CC(CC)CCCC)CC(C)(NCCN[C@H](CO)Cc2ccc(Cl)cc2)C1. The predicted molar refractivity (Wildman–Crippen MR) is 165 cm³/mol. The summed E-state index contributed by atoms with van der Waals surface area (Å²) in [6.45, 7) is 19.4. The van der Waals surface area contributed by atoms with Crippen molar-refractivity contribution in [3.63, 3.8) is 0 Å². The Bertz CT molecular complexity index is 705. The summed E-state index contributed by atoms with van der Waals surface area (Å²) in [4.78, 5) is 5.47. The molecule has 38 heavy (non-hydrogen) atoms. The Labute approximate surface area is 240 Å². The van der Waals surface area contributed by atoms with E-state index in [0.29, 0.717) is 0 Å². The minimum atomic E-state index is 0.0536. The maximum atomic E-state index is 9.93. The molecule has 0 radical (unpaired) electrons. The van der Waals surface area contributed by atoms with E-state index >= 15 is 0 Å². The second-order valence-electron chi connectivity index (χ2n) is 12.1. The van der Waals surface area contributed by atoms with E-state index in [1.807, 2.05) is 24.3 Å². The second kappa shape index (κ2) is 18.6. The molecule has 0 bridgehead atoms. The van der Waals surface area contributed by atoms with Crippen LogP contribution in [0.2, 0.25) is 5.02 Å². The number of aliphatic hydroxyl groups is 1. The third-order valence-electron chi connectivity index (χ3n) is 8.39. The van der Waals surface area contributed by atoms with Crippen molar-refractivity contribution >= 4 is 11.6 Å². The van der Waals surface area contributed by atoms with Crippen LogP contribution in [-0.4, -0.2) is 79.0 Å². The van der Waals surface area contributed by atoms with Crippen LogP contribution in [0.4, 0.5) is 0 Å². The van der Waals surface area contributed by atoms with Crippen molar-refractivity contribution in [3.05, 3.63) is 34.9 Å². The van der Waals surface area contributed by atoms with Gasteiger partial charge in [-0.3, -0.25) is 9.80 Å². The highest BCUT2D eigenvalue weighted by Crippen LogP contribution is 2.23. The maximum Gasteiger partial charge on any atom is 0.0587 e. The summed E-state index contributed by atoms with van der Waals surface area (Å²) >= 11 is 6.03. The van der Waals surface area contributed by atoms with Crippen molar-refractivity contribution in [3.8, 4) is 0 Å². The highest BCUT2D eigenvalue weighted by atomic mass is 35.5. The first kappa shape index (κ1) is 33.5. The second-order valence-corrected chi connectivity index (χ2v) is 12.6. The summed E-state index contributed by atoms with van der Waals surface area (Å²) in [6.07, 6.45) is 11.3. The lowest BCUT2D eigenvalue weighted by molar-refractivity contribution is 0.00511. The average molecular weight is 551 g/mol. The van der Waals surface area contributed by atoms with Crippen LogP contribution < -0.4 is 10.6 Å². The molecule has 3 N–H and O–H groups in total.